The maximum atomic E-state index is 11.8. The van der Waals surface area contributed by atoms with Crippen molar-refractivity contribution in [3.63, 3.8) is 0 Å². The summed E-state index contributed by atoms with van der Waals surface area (Å²) in [5.74, 6) is 1.88. The van der Waals surface area contributed by atoms with Gasteiger partial charge >= 0.3 is 23.0 Å². The molecular weight excluding hydrogens is 728 g/mol. The van der Waals surface area contributed by atoms with Crippen LogP contribution < -0.4 is 19.3 Å². The van der Waals surface area contributed by atoms with Crippen LogP contribution in [0.4, 0.5) is 0 Å². The quantitative estimate of drug-likeness (QED) is 0.143. The summed E-state index contributed by atoms with van der Waals surface area (Å²) >= 11 is 0. The van der Waals surface area contributed by atoms with Gasteiger partial charge in [0.15, 0.2) is 0 Å². The van der Waals surface area contributed by atoms with E-state index in [1.54, 1.807) is 19.9 Å². The third-order valence-electron chi connectivity index (χ3n) is 9.95. The van der Waals surface area contributed by atoms with E-state index in [0.29, 0.717) is 57.0 Å². The second-order valence-corrected chi connectivity index (χ2v) is 15.2. The second-order valence-electron chi connectivity index (χ2n) is 15.2. The van der Waals surface area contributed by atoms with Crippen molar-refractivity contribution in [3.8, 4) is 51.3 Å². The summed E-state index contributed by atoms with van der Waals surface area (Å²) in [6.45, 7) is 9.82. The molecule has 3 aromatic heterocycles. The standard InChI is InChI=1S/C42H36N8O3.Cu/c1-41(2,3)22-15-17-26-30(19-22)36-46-34(26)44-32-24-11-7-8-12-25(24)33(43-32)45-35-27-18-16-23(53-21-42(4,5)40(51)52)20-31(27)37(47-35)49-39-29-14-10-9-13-28(29)38(48-36)50(39)6;/h7-20H,21H2,1-6H3,(H2,43,44,45,46,47,48,49,51,52);/q;+2/p-1. The molecule has 0 fully saturated rings. The third-order valence-corrected chi connectivity index (χ3v) is 9.95. The van der Waals surface area contributed by atoms with Crippen LogP contribution in [-0.4, -0.2) is 42.6 Å². The molecule has 0 saturated carbocycles. The van der Waals surface area contributed by atoms with Crippen molar-refractivity contribution in [2.24, 2.45) is 12.5 Å². The van der Waals surface area contributed by atoms with E-state index in [-0.39, 0.29) is 29.1 Å². The van der Waals surface area contributed by atoms with Gasteiger partial charge in [0.1, 0.15) is 24.0 Å². The molecule has 0 atom stereocenters. The number of carboxylic acids is 1. The minimum Gasteiger partial charge on any atom is -0.492 e. The van der Waals surface area contributed by atoms with E-state index in [1.165, 1.54) is 0 Å². The first kappa shape index (κ1) is 35.1. The number of ether oxygens (including phenoxy) is 1. The number of carboxylic acid groups (broad SMARTS) is 1. The van der Waals surface area contributed by atoms with Crippen LogP contribution in [0.1, 0.15) is 40.2 Å². The molecule has 9 rings (SSSR count). The number of carbonyl (C=O) groups is 1. The summed E-state index contributed by atoms with van der Waals surface area (Å²) in [6, 6.07) is 27.8. The Morgan fingerprint density at radius 1 is 0.648 bits per heavy atom. The molecule has 0 unspecified atom stereocenters. The smallest absolute Gasteiger partial charge is 0.492 e. The Hall–Kier alpha value is -5.97. The summed E-state index contributed by atoms with van der Waals surface area (Å²) in [4.78, 5) is 47.4. The normalized spacial score (nSPS) is 12.3. The zero-order valence-corrected chi connectivity index (χ0v) is 31.4. The largest absolute Gasteiger partial charge is 2.00 e. The molecule has 0 aliphatic carbocycles. The Bertz CT molecular complexity index is 2870. The minimum atomic E-state index is -1.08. The molecule has 7 aromatic rings. The molecule has 2 aliphatic heterocycles. The zero-order chi connectivity index (χ0) is 36.8. The SMILES string of the molecule is C[n+]1c2nc3[n-]c(nc4nc(nc5[n-]c(nc1-c1ccccc1-2)c1cc(C(C)(C)C)ccc51)-c1ccccc1-4)c1ccc(OCC(C)(C)C(=O)O)cc31.[Cu+2]. The zero-order valence-electron chi connectivity index (χ0n) is 30.4. The van der Waals surface area contributed by atoms with Gasteiger partial charge in [0, 0.05) is 44.8 Å². The molecule has 0 amide bonds. The van der Waals surface area contributed by atoms with Crippen LogP contribution in [0, 0.1) is 5.41 Å². The number of benzene rings is 4. The predicted molar refractivity (Wildman–Crippen MR) is 203 cm³/mol. The first-order valence-electron chi connectivity index (χ1n) is 17.4. The predicted octanol–water partition coefficient (Wildman–Crippen LogP) is 7.34. The number of nitrogens with zero attached hydrogens (tertiary/aromatic N) is 8. The molecule has 8 bridgehead atoms. The molecule has 271 valence electrons. The van der Waals surface area contributed by atoms with Crippen LogP contribution >= 0.6 is 0 Å². The molecule has 11 nitrogen and oxygen atoms in total. The van der Waals surface area contributed by atoms with Crippen LogP contribution in [0.25, 0.3) is 89.7 Å². The fourth-order valence-electron chi connectivity index (χ4n) is 6.76. The molecule has 54 heavy (non-hydrogen) atoms. The van der Waals surface area contributed by atoms with E-state index in [2.05, 4.69) is 39.0 Å². The van der Waals surface area contributed by atoms with Gasteiger partial charge in [-0.05, 0) is 70.6 Å². The van der Waals surface area contributed by atoms with E-state index in [4.69, 9.17) is 39.6 Å². The Morgan fingerprint density at radius 2 is 1.13 bits per heavy atom. The van der Waals surface area contributed by atoms with Gasteiger partial charge in [0.2, 0.25) is 0 Å². The van der Waals surface area contributed by atoms with Crippen molar-refractivity contribution in [3.05, 3.63) is 90.5 Å². The van der Waals surface area contributed by atoms with E-state index in [0.717, 1.165) is 44.0 Å². The van der Waals surface area contributed by atoms with Gasteiger partial charge in [0.25, 0.3) is 0 Å². The topological polar surface area (TPSA) is 143 Å². The van der Waals surface area contributed by atoms with Crippen LogP contribution in [-0.2, 0) is 34.3 Å². The summed E-state index contributed by atoms with van der Waals surface area (Å²) in [6.07, 6.45) is 0. The van der Waals surface area contributed by atoms with Gasteiger partial charge in [-0.3, -0.25) is 9.36 Å². The average Bonchev–Trinajstić information content (AvgIpc) is 3.84. The van der Waals surface area contributed by atoms with Gasteiger partial charge in [-0.1, -0.05) is 81.4 Å². The first-order chi connectivity index (χ1) is 25.4. The van der Waals surface area contributed by atoms with Crippen molar-refractivity contribution in [1.82, 2.24) is 34.9 Å². The fraction of sp³-hybridized carbons (Fsp3) is 0.214. The van der Waals surface area contributed by atoms with Gasteiger partial charge in [-0.15, -0.1) is 0 Å². The average molecular weight is 763 g/mol. The van der Waals surface area contributed by atoms with Crippen LogP contribution in [0.5, 0.6) is 5.75 Å². The van der Waals surface area contributed by atoms with Gasteiger partial charge in [0.05, 0.1) is 24.1 Å². The maximum Gasteiger partial charge on any atom is 2.00 e. The summed E-state index contributed by atoms with van der Waals surface area (Å²) < 4.78 is 8.00. The van der Waals surface area contributed by atoms with Crippen LogP contribution in [0.3, 0.4) is 0 Å². The van der Waals surface area contributed by atoms with Gasteiger partial charge < -0.3 is 39.7 Å². The van der Waals surface area contributed by atoms with Crippen molar-refractivity contribution in [2.45, 2.75) is 40.0 Å². The Kier molecular flexibility index (Phi) is 8.17. The van der Waals surface area contributed by atoms with Crippen LogP contribution in [0.15, 0.2) is 84.9 Å². The fourth-order valence-corrected chi connectivity index (χ4v) is 6.76. The van der Waals surface area contributed by atoms with E-state index in [9.17, 15) is 9.90 Å². The number of hydrogen-bond donors (Lipinski definition) is 1. The van der Waals surface area contributed by atoms with Crippen molar-refractivity contribution >= 4 is 50.1 Å². The Labute approximate surface area is 321 Å². The molecule has 2 aliphatic rings. The molecule has 1 N–H and O–H groups in total. The molecule has 12 heteroatoms. The minimum absolute atomic E-state index is 0. The van der Waals surface area contributed by atoms with E-state index < -0.39 is 11.4 Å². The number of aromatic nitrogens is 8. The van der Waals surface area contributed by atoms with Crippen molar-refractivity contribution in [1.29, 1.82) is 0 Å². The van der Waals surface area contributed by atoms with Crippen LogP contribution in [0.2, 0.25) is 0 Å². The number of aliphatic carboxylic acids is 1. The second kappa shape index (κ2) is 12.6. The van der Waals surface area contributed by atoms with Gasteiger partial charge in [-0.25, -0.2) is 4.98 Å². The number of rotatable bonds is 4. The number of fused-ring (bicyclic) bond motifs is 20. The molecule has 0 spiro atoms. The molecule has 4 aromatic carbocycles. The van der Waals surface area contributed by atoms with Crippen molar-refractivity contribution < 1.29 is 36.3 Å². The summed E-state index contributed by atoms with van der Waals surface area (Å²) in [5, 5.41) is 12.9. The van der Waals surface area contributed by atoms with Gasteiger partial charge in [-0.2, -0.15) is 0 Å². The molecular formula is C42H35CuN8O3+. The molecule has 1 radical (unpaired) electrons. The third kappa shape index (κ3) is 5.69. The number of hydrogen-bond acceptors (Lipinski definition) is 7. The maximum absolute atomic E-state index is 11.8. The van der Waals surface area contributed by atoms with E-state index in [1.807, 2.05) is 72.3 Å². The monoisotopic (exact) mass is 762 g/mol. The Balaban J connectivity index is 0.00000413. The first-order valence-corrected chi connectivity index (χ1v) is 17.4. The summed E-state index contributed by atoms with van der Waals surface area (Å²) in [5.41, 5.74) is 5.42. The summed E-state index contributed by atoms with van der Waals surface area (Å²) in [7, 11) is 1.94. The Morgan fingerprint density at radius 3 is 1.65 bits per heavy atom. The molecule has 5 heterocycles. The van der Waals surface area contributed by atoms with E-state index >= 15 is 0 Å². The van der Waals surface area contributed by atoms with Crippen molar-refractivity contribution in [2.75, 3.05) is 6.61 Å². The molecule has 0 saturated heterocycles.